The Morgan fingerprint density at radius 2 is 2.30 bits per heavy atom. The lowest BCUT2D eigenvalue weighted by Crippen LogP contribution is -2.06. The summed E-state index contributed by atoms with van der Waals surface area (Å²) in [6, 6.07) is 4.03. The maximum atomic E-state index is 13.5. The average Bonchev–Trinajstić information content (AvgIpc) is 2.70. The van der Waals surface area contributed by atoms with Gasteiger partial charge in [0.2, 0.25) is 0 Å². The van der Waals surface area contributed by atoms with Gasteiger partial charge in [-0.15, -0.1) is 11.8 Å². The molecule has 0 aliphatic heterocycles. The first kappa shape index (κ1) is 14.7. The van der Waals surface area contributed by atoms with Crippen LogP contribution in [0.25, 0.3) is 5.69 Å². The minimum absolute atomic E-state index is 0.0268. The Morgan fingerprint density at radius 1 is 1.60 bits per heavy atom. The van der Waals surface area contributed by atoms with Crippen LogP contribution in [0, 0.1) is 5.82 Å². The van der Waals surface area contributed by atoms with E-state index in [0.29, 0.717) is 16.5 Å². The molecule has 2 aromatic rings. The lowest BCUT2D eigenvalue weighted by Gasteiger charge is -2.04. The summed E-state index contributed by atoms with van der Waals surface area (Å²) < 4.78 is 14.7. The van der Waals surface area contributed by atoms with Crippen LogP contribution in [0.5, 0.6) is 0 Å². The number of nitrogens with two attached hydrogens (primary N) is 1. The Hall–Kier alpha value is -1.73. The molecular formula is C12H11ClFN3O2S. The van der Waals surface area contributed by atoms with Gasteiger partial charge in [0, 0.05) is 6.07 Å². The summed E-state index contributed by atoms with van der Waals surface area (Å²) in [5.74, 6) is -1.19. The van der Waals surface area contributed by atoms with Gasteiger partial charge in [-0.25, -0.2) is 13.9 Å². The van der Waals surface area contributed by atoms with Crippen molar-refractivity contribution < 1.29 is 14.3 Å². The van der Waals surface area contributed by atoms with Crippen molar-refractivity contribution in [2.24, 2.45) is 0 Å². The lowest BCUT2D eigenvalue weighted by molar-refractivity contribution is 0.0694. The number of carboxylic acid groups (broad SMARTS) is 1. The zero-order valence-electron chi connectivity index (χ0n) is 10.4. The van der Waals surface area contributed by atoms with E-state index in [4.69, 9.17) is 17.3 Å². The number of thioether (sulfide) groups is 1. The number of rotatable bonds is 4. The van der Waals surface area contributed by atoms with Crippen molar-refractivity contribution in [1.82, 2.24) is 9.78 Å². The predicted molar refractivity (Wildman–Crippen MR) is 76.3 cm³/mol. The van der Waals surface area contributed by atoms with Crippen LogP contribution in [0.2, 0.25) is 5.02 Å². The van der Waals surface area contributed by atoms with E-state index in [1.54, 1.807) is 0 Å². The molecule has 0 aliphatic rings. The number of hydrogen-bond donors (Lipinski definition) is 2. The van der Waals surface area contributed by atoms with E-state index < -0.39 is 11.8 Å². The summed E-state index contributed by atoms with van der Waals surface area (Å²) >= 11 is 6.87. The second-order valence-corrected chi connectivity index (χ2v) is 5.47. The van der Waals surface area contributed by atoms with Gasteiger partial charge >= 0.3 is 5.97 Å². The predicted octanol–water partition coefficient (Wildman–Crippen LogP) is 3.06. The topological polar surface area (TPSA) is 81.1 Å². The number of carboxylic acids is 1. The van der Waals surface area contributed by atoms with Crippen LogP contribution in [-0.2, 0) is 0 Å². The zero-order valence-corrected chi connectivity index (χ0v) is 12.0. The van der Waals surface area contributed by atoms with E-state index in [-0.39, 0.29) is 16.4 Å². The molecule has 0 spiro atoms. The lowest BCUT2D eigenvalue weighted by atomic mass is 10.3. The SMILES string of the molecule is CCSc1nn(-c2ccc(Cl)c(F)c2)c(N)c1C(=O)O. The van der Waals surface area contributed by atoms with Crippen LogP contribution in [-0.4, -0.2) is 26.6 Å². The normalized spacial score (nSPS) is 10.8. The average molecular weight is 316 g/mol. The molecule has 5 nitrogen and oxygen atoms in total. The van der Waals surface area contributed by atoms with E-state index in [2.05, 4.69) is 5.10 Å². The zero-order chi connectivity index (χ0) is 14.9. The first-order valence-electron chi connectivity index (χ1n) is 5.65. The fraction of sp³-hybridized carbons (Fsp3) is 0.167. The van der Waals surface area contributed by atoms with Crippen molar-refractivity contribution in [3.63, 3.8) is 0 Å². The van der Waals surface area contributed by atoms with E-state index in [9.17, 15) is 14.3 Å². The quantitative estimate of drug-likeness (QED) is 0.847. The van der Waals surface area contributed by atoms with Crippen molar-refractivity contribution in [2.45, 2.75) is 11.9 Å². The standard InChI is InChI=1S/C12H11ClFN3O2S/c1-2-20-11-9(12(18)19)10(15)17(16-11)6-3-4-7(13)8(14)5-6/h3-5H,2,15H2,1H3,(H,18,19). The van der Waals surface area contributed by atoms with Crippen molar-refractivity contribution in [1.29, 1.82) is 0 Å². The van der Waals surface area contributed by atoms with Crippen LogP contribution in [0.1, 0.15) is 17.3 Å². The van der Waals surface area contributed by atoms with E-state index >= 15 is 0 Å². The maximum Gasteiger partial charge on any atom is 0.342 e. The monoisotopic (exact) mass is 315 g/mol. The van der Waals surface area contributed by atoms with Crippen molar-refractivity contribution in [3.8, 4) is 5.69 Å². The number of halogens is 2. The number of aromatic carboxylic acids is 1. The molecule has 0 atom stereocenters. The minimum atomic E-state index is -1.17. The summed E-state index contributed by atoms with van der Waals surface area (Å²) in [4.78, 5) is 11.2. The van der Waals surface area contributed by atoms with Gasteiger partial charge in [0.1, 0.15) is 22.2 Å². The number of carbonyl (C=O) groups is 1. The molecule has 20 heavy (non-hydrogen) atoms. The Kier molecular flexibility index (Phi) is 4.20. The molecule has 2 rings (SSSR count). The van der Waals surface area contributed by atoms with Gasteiger partial charge in [0.15, 0.2) is 0 Å². The molecule has 0 bridgehead atoms. The fourth-order valence-electron chi connectivity index (χ4n) is 1.66. The highest BCUT2D eigenvalue weighted by atomic mass is 35.5. The van der Waals surface area contributed by atoms with E-state index in [1.807, 2.05) is 6.92 Å². The molecule has 106 valence electrons. The van der Waals surface area contributed by atoms with Crippen LogP contribution in [0.15, 0.2) is 23.2 Å². The van der Waals surface area contributed by atoms with Crippen molar-refractivity contribution in [2.75, 3.05) is 11.5 Å². The first-order chi connectivity index (χ1) is 9.45. The molecule has 3 N–H and O–H groups in total. The third-order valence-corrected chi connectivity index (χ3v) is 3.69. The Balaban J connectivity index is 2.59. The molecule has 1 aromatic carbocycles. The van der Waals surface area contributed by atoms with Crippen LogP contribution >= 0.6 is 23.4 Å². The van der Waals surface area contributed by atoms with Gasteiger partial charge in [-0.1, -0.05) is 18.5 Å². The number of nitrogens with zero attached hydrogens (tertiary/aromatic N) is 2. The summed E-state index contributed by atoms with van der Waals surface area (Å²) in [5, 5.41) is 13.6. The number of benzene rings is 1. The smallest absolute Gasteiger partial charge is 0.342 e. The van der Waals surface area contributed by atoms with Crippen LogP contribution < -0.4 is 5.73 Å². The highest BCUT2D eigenvalue weighted by Gasteiger charge is 2.22. The molecule has 0 saturated carbocycles. The molecule has 0 fully saturated rings. The van der Waals surface area contributed by atoms with Gasteiger partial charge in [-0.05, 0) is 17.9 Å². The highest BCUT2D eigenvalue weighted by Crippen LogP contribution is 2.29. The Labute approximate surface area is 123 Å². The number of nitrogen functional groups attached to an aromatic ring is 1. The third-order valence-electron chi connectivity index (χ3n) is 2.53. The number of hydrogen-bond acceptors (Lipinski definition) is 4. The fourth-order valence-corrected chi connectivity index (χ4v) is 2.53. The minimum Gasteiger partial charge on any atom is -0.477 e. The molecule has 0 unspecified atom stereocenters. The number of aromatic nitrogens is 2. The molecular weight excluding hydrogens is 305 g/mol. The molecule has 1 aromatic heterocycles. The first-order valence-corrected chi connectivity index (χ1v) is 7.02. The summed E-state index contributed by atoms with van der Waals surface area (Å²) in [5.41, 5.74) is 6.04. The second kappa shape index (κ2) is 5.72. The van der Waals surface area contributed by atoms with Gasteiger partial charge in [-0.2, -0.15) is 5.10 Å². The van der Waals surface area contributed by atoms with Crippen molar-refractivity contribution in [3.05, 3.63) is 34.6 Å². The third kappa shape index (κ3) is 2.59. The molecule has 0 aliphatic carbocycles. The molecule has 0 radical (unpaired) electrons. The van der Waals surface area contributed by atoms with Gasteiger partial charge < -0.3 is 10.8 Å². The Bertz CT molecular complexity index is 675. The second-order valence-electron chi connectivity index (χ2n) is 3.81. The maximum absolute atomic E-state index is 13.5. The summed E-state index contributed by atoms with van der Waals surface area (Å²) in [7, 11) is 0. The largest absolute Gasteiger partial charge is 0.477 e. The van der Waals surface area contributed by atoms with Crippen LogP contribution in [0.4, 0.5) is 10.2 Å². The Morgan fingerprint density at radius 3 is 2.85 bits per heavy atom. The molecule has 1 heterocycles. The molecule has 8 heteroatoms. The van der Waals surface area contributed by atoms with Gasteiger partial charge in [0.05, 0.1) is 10.7 Å². The number of anilines is 1. The van der Waals surface area contributed by atoms with E-state index in [1.165, 1.54) is 28.6 Å². The highest BCUT2D eigenvalue weighted by molar-refractivity contribution is 7.99. The van der Waals surface area contributed by atoms with Gasteiger partial charge in [0.25, 0.3) is 0 Å². The molecule has 0 saturated heterocycles. The molecule has 0 amide bonds. The van der Waals surface area contributed by atoms with Gasteiger partial charge in [-0.3, -0.25) is 0 Å². The summed E-state index contributed by atoms with van der Waals surface area (Å²) in [6.07, 6.45) is 0. The van der Waals surface area contributed by atoms with E-state index in [0.717, 1.165) is 6.07 Å². The summed E-state index contributed by atoms with van der Waals surface area (Å²) in [6.45, 7) is 1.87. The van der Waals surface area contributed by atoms with Crippen molar-refractivity contribution >= 4 is 35.1 Å². The van der Waals surface area contributed by atoms with Crippen LogP contribution in [0.3, 0.4) is 0 Å².